The van der Waals surface area contributed by atoms with Gasteiger partial charge in [0.15, 0.2) is 12.2 Å². The molecule has 86 heavy (non-hydrogen) atoms. The van der Waals surface area contributed by atoms with Gasteiger partial charge in [0.05, 0.1) is 26.4 Å². The number of esters is 4. The van der Waals surface area contributed by atoms with E-state index >= 15 is 0 Å². The molecule has 3 N–H and O–H groups in total. The molecule has 19 heteroatoms. The first-order valence-corrected chi connectivity index (χ1v) is 38.3. The highest BCUT2D eigenvalue weighted by atomic mass is 31.2. The second-order valence-electron chi connectivity index (χ2n) is 24.2. The molecule has 0 saturated carbocycles. The number of carbonyl (C=O) groups excluding carboxylic acids is 4. The van der Waals surface area contributed by atoms with Crippen LogP contribution in [0.3, 0.4) is 0 Å². The van der Waals surface area contributed by atoms with E-state index in [1.807, 2.05) is 0 Å². The van der Waals surface area contributed by atoms with E-state index in [0.29, 0.717) is 25.7 Å². The number of aliphatic hydroxyl groups is 1. The molecule has 0 heterocycles. The van der Waals surface area contributed by atoms with Gasteiger partial charge in [0.1, 0.15) is 19.3 Å². The van der Waals surface area contributed by atoms with Gasteiger partial charge in [-0.1, -0.05) is 297 Å². The van der Waals surface area contributed by atoms with Crippen molar-refractivity contribution in [2.45, 2.75) is 367 Å². The van der Waals surface area contributed by atoms with Gasteiger partial charge in [-0.2, -0.15) is 0 Å². The Morgan fingerprint density at radius 1 is 0.279 bits per heavy atom. The zero-order valence-electron chi connectivity index (χ0n) is 55.3. The monoisotopic (exact) mass is 1270 g/mol. The van der Waals surface area contributed by atoms with Gasteiger partial charge in [-0.05, 0) is 25.7 Å². The van der Waals surface area contributed by atoms with Crippen LogP contribution in [-0.4, -0.2) is 96.7 Å². The van der Waals surface area contributed by atoms with Gasteiger partial charge in [0.2, 0.25) is 0 Å². The third kappa shape index (κ3) is 60.9. The minimum Gasteiger partial charge on any atom is -0.462 e. The average molecular weight is 1270 g/mol. The number of hydrogen-bond donors (Lipinski definition) is 3. The third-order valence-corrected chi connectivity index (χ3v) is 17.5. The van der Waals surface area contributed by atoms with Crippen molar-refractivity contribution in [3.8, 4) is 0 Å². The zero-order chi connectivity index (χ0) is 63.3. The molecule has 0 saturated heterocycles. The number of aliphatic hydroxyl groups excluding tert-OH is 1. The number of hydrogen-bond acceptors (Lipinski definition) is 15. The van der Waals surface area contributed by atoms with Crippen LogP contribution in [0.25, 0.3) is 0 Å². The first-order valence-electron chi connectivity index (χ1n) is 35.3. The molecule has 0 aromatic rings. The van der Waals surface area contributed by atoms with Crippen molar-refractivity contribution in [3.63, 3.8) is 0 Å². The molecule has 5 atom stereocenters. The Labute approximate surface area is 524 Å². The summed E-state index contributed by atoms with van der Waals surface area (Å²) in [7, 11) is -9.89. The van der Waals surface area contributed by atoms with E-state index < -0.39 is 97.5 Å². The highest BCUT2D eigenvalue weighted by Gasteiger charge is 2.30. The molecule has 0 aromatic heterocycles. The van der Waals surface area contributed by atoms with Gasteiger partial charge < -0.3 is 33.8 Å². The third-order valence-electron chi connectivity index (χ3n) is 15.6. The maximum Gasteiger partial charge on any atom is 0.472 e. The molecule has 0 rings (SSSR count). The standard InChI is InChI=1S/C67H130O17P2/c1-5-9-13-17-21-25-28-30-31-32-34-38-42-46-50-54-67(72)84-63(58-78-65(70)52-48-44-40-37-33-29-26-22-18-14-10-6-2)60-82-86(75,76)80-56-61(68)55-79-85(73,74)81-59-62(57-77-64(69)51-47-43-39-35-24-20-16-12-8-4)83-66(71)53-49-45-41-36-27-23-19-15-11-7-3/h61-63,68H,5-60H2,1-4H3,(H,73,74)(H,75,76)/t61-,62+,63+/m0/s1. The number of unbranched alkanes of at least 4 members (excludes halogenated alkanes) is 42. The molecule has 0 radical (unpaired) electrons. The van der Waals surface area contributed by atoms with Crippen molar-refractivity contribution in [1.29, 1.82) is 0 Å². The Kier molecular flexibility index (Phi) is 60.5. The summed E-state index contributed by atoms with van der Waals surface area (Å²) in [6, 6.07) is 0. The molecule has 0 fully saturated rings. The molecule has 0 aliphatic carbocycles. The quantitative estimate of drug-likeness (QED) is 0.0222. The van der Waals surface area contributed by atoms with Crippen molar-refractivity contribution in [2.24, 2.45) is 0 Å². The summed E-state index contributed by atoms with van der Waals surface area (Å²) in [6.07, 6.45) is 48.4. The van der Waals surface area contributed by atoms with Crippen LogP contribution in [0.4, 0.5) is 0 Å². The van der Waals surface area contributed by atoms with Crippen LogP contribution in [0.15, 0.2) is 0 Å². The Bertz CT molecular complexity index is 1650. The van der Waals surface area contributed by atoms with Crippen molar-refractivity contribution in [3.05, 3.63) is 0 Å². The predicted molar refractivity (Wildman–Crippen MR) is 345 cm³/mol. The Morgan fingerprint density at radius 3 is 0.686 bits per heavy atom. The second kappa shape index (κ2) is 61.9. The molecular weight excluding hydrogens is 1140 g/mol. The maximum atomic E-state index is 13.0. The van der Waals surface area contributed by atoms with E-state index in [2.05, 4.69) is 27.7 Å². The highest BCUT2D eigenvalue weighted by molar-refractivity contribution is 7.47. The van der Waals surface area contributed by atoms with Gasteiger partial charge in [-0.15, -0.1) is 0 Å². The summed E-state index contributed by atoms with van der Waals surface area (Å²) in [6.45, 7) is 4.90. The number of rotatable bonds is 68. The van der Waals surface area contributed by atoms with Crippen LogP contribution >= 0.6 is 15.6 Å². The SMILES string of the molecule is CCCCCCCCCCCCCCCCCC(=O)O[C@H](COC(=O)CCCCCCCCCCCCCC)COP(=O)(O)OC[C@@H](O)COP(=O)(O)OC[C@@H](COC(=O)CCCCCCCCCCC)OC(=O)CCCCCCCCCCCC. The van der Waals surface area contributed by atoms with E-state index in [-0.39, 0.29) is 25.7 Å². The van der Waals surface area contributed by atoms with Gasteiger partial charge in [0.25, 0.3) is 0 Å². The Morgan fingerprint density at radius 2 is 0.465 bits per heavy atom. The fourth-order valence-electron chi connectivity index (χ4n) is 10.2. The van der Waals surface area contributed by atoms with Crippen LogP contribution in [0.5, 0.6) is 0 Å². The van der Waals surface area contributed by atoms with Crippen LogP contribution in [-0.2, 0) is 65.4 Å². The number of carbonyl (C=O) groups is 4. The molecule has 17 nitrogen and oxygen atoms in total. The lowest BCUT2D eigenvalue weighted by Crippen LogP contribution is -2.30. The topological polar surface area (TPSA) is 237 Å². The molecular formula is C67H130O17P2. The summed E-state index contributed by atoms with van der Waals surface area (Å²) in [5.74, 6) is -2.13. The summed E-state index contributed by atoms with van der Waals surface area (Å²) in [5.41, 5.74) is 0. The van der Waals surface area contributed by atoms with Gasteiger partial charge >= 0.3 is 39.5 Å². The predicted octanol–water partition coefficient (Wildman–Crippen LogP) is 19.1. The first kappa shape index (κ1) is 84.1. The second-order valence-corrected chi connectivity index (χ2v) is 27.1. The largest absolute Gasteiger partial charge is 0.472 e. The molecule has 0 amide bonds. The molecule has 0 aliphatic rings. The highest BCUT2D eigenvalue weighted by Crippen LogP contribution is 2.45. The number of ether oxygens (including phenoxy) is 4. The molecule has 0 aliphatic heterocycles. The summed E-state index contributed by atoms with van der Waals surface area (Å²) in [5, 5.41) is 10.6. The fraction of sp³-hybridized carbons (Fsp3) is 0.940. The van der Waals surface area contributed by atoms with Crippen molar-refractivity contribution < 1.29 is 80.2 Å². The smallest absolute Gasteiger partial charge is 0.462 e. The minimum atomic E-state index is -4.95. The number of phosphoric acid groups is 2. The van der Waals surface area contributed by atoms with Gasteiger partial charge in [-0.3, -0.25) is 37.3 Å². The van der Waals surface area contributed by atoms with E-state index in [4.69, 9.17) is 37.0 Å². The maximum absolute atomic E-state index is 13.0. The fourth-order valence-corrected chi connectivity index (χ4v) is 11.7. The van der Waals surface area contributed by atoms with Crippen LogP contribution in [0.1, 0.15) is 349 Å². The zero-order valence-corrected chi connectivity index (χ0v) is 57.1. The summed E-state index contributed by atoms with van der Waals surface area (Å²) >= 11 is 0. The minimum absolute atomic E-state index is 0.107. The average Bonchev–Trinajstić information content (AvgIpc) is 3.51. The molecule has 0 bridgehead atoms. The Balaban J connectivity index is 5.22. The van der Waals surface area contributed by atoms with Crippen LogP contribution in [0.2, 0.25) is 0 Å². The first-order chi connectivity index (χ1) is 41.7. The van der Waals surface area contributed by atoms with Gasteiger partial charge in [0, 0.05) is 25.7 Å². The lowest BCUT2D eigenvalue weighted by molar-refractivity contribution is -0.161. The van der Waals surface area contributed by atoms with Crippen molar-refractivity contribution in [1.82, 2.24) is 0 Å². The number of phosphoric ester groups is 2. The molecule has 0 aromatic carbocycles. The molecule has 510 valence electrons. The summed E-state index contributed by atoms with van der Waals surface area (Å²) < 4.78 is 68.1. The lowest BCUT2D eigenvalue weighted by Gasteiger charge is -2.21. The van der Waals surface area contributed by atoms with E-state index in [1.165, 1.54) is 180 Å². The molecule has 0 spiro atoms. The lowest BCUT2D eigenvalue weighted by atomic mass is 10.0. The summed E-state index contributed by atoms with van der Waals surface area (Å²) in [4.78, 5) is 72.3. The van der Waals surface area contributed by atoms with Crippen LogP contribution in [0, 0.1) is 0 Å². The van der Waals surface area contributed by atoms with E-state index in [9.17, 15) is 43.2 Å². The molecule has 2 unspecified atom stereocenters. The normalized spacial score (nSPS) is 14.1. The van der Waals surface area contributed by atoms with Crippen molar-refractivity contribution in [2.75, 3.05) is 39.6 Å². The van der Waals surface area contributed by atoms with Crippen LogP contribution < -0.4 is 0 Å². The van der Waals surface area contributed by atoms with E-state index in [0.717, 1.165) is 89.9 Å². The van der Waals surface area contributed by atoms with Crippen molar-refractivity contribution >= 4 is 39.5 Å². The Hall–Kier alpha value is -1.94. The van der Waals surface area contributed by atoms with E-state index in [1.54, 1.807) is 0 Å². The van der Waals surface area contributed by atoms with Gasteiger partial charge in [-0.25, -0.2) is 9.13 Å².